The summed E-state index contributed by atoms with van der Waals surface area (Å²) >= 11 is 11.5. The molecule has 0 aliphatic carbocycles. The van der Waals surface area contributed by atoms with E-state index in [4.69, 9.17) is 32.7 Å². The maximum atomic E-state index is 12.5. The van der Waals surface area contributed by atoms with Crippen LogP contribution in [-0.4, -0.2) is 24.9 Å². The van der Waals surface area contributed by atoms with Crippen LogP contribution in [0.25, 0.3) is 0 Å². The summed E-state index contributed by atoms with van der Waals surface area (Å²) in [6, 6.07) is 14.6. The largest absolute Gasteiger partial charge is 0.423 e. The van der Waals surface area contributed by atoms with Crippen LogP contribution in [0.2, 0.25) is 10.0 Å². The number of hydrogen-bond donors (Lipinski definition) is 1. The summed E-state index contributed by atoms with van der Waals surface area (Å²) in [4.78, 5) is 24.2. The molecule has 0 aliphatic rings. The number of benzene rings is 3. The van der Waals surface area contributed by atoms with Gasteiger partial charge in [-0.15, -0.1) is 0 Å². The highest BCUT2D eigenvalue weighted by Gasteiger charge is 2.21. The second-order valence-corrected chi connectivity index (χ2v) is 8.20. The van der Waals surface area contributed by atoms with E-state index in [1.54, 1.807) is 0 Å². The van der Waals surface area contributed by atoms with E-state index in [2.05, 4.69) is 0 Å². The minimum atomic E-state index is -4.72. The zero-order chi connectivity index (χ0) is 21.9. The molecular formula is C20H12Cl2O7S. The lowest BCUT2D eigenvalue weighted by Crippen LogP contribution is -2.14. The molecular weight excluding hydrogens is 455 g/mol. The van der Waals surface area contributed by atoms with E-state index >= 15 is 0 Å². The van der Waals surface area contributed by atoms with Crippen molar-refractivity contribution in [3.63, 3.8) is 0 Å². The van der Waals surface area contributed by atoms with Crippen molar-refractivity contribution in [2.75, 3.05) is 0 Å². The summed E-state index contributed by atoms with van der Waals surface area (Å²) in [5.74, 6) is -1.62. The molecule has 0 amide bonds. The topological polar surface area (TPSA) is 107 Å². The van der Waals surface area contributed by atoms with Gasteiger partial charge in [0.2, 0.25) is 0 Å². The Bertz CT molecular complexity index is 1130. The highest BCUT2D eigenvalue weighted by atomic mass is 35.5. The first-order chi connectivity index (χ1) is 14.1. The Hall–Kier alpha value is -2.91. The van der Waals surface area contributed by atoms with Crippen LogP contribution < -0.4 is 9.47 Å². The molecule has 0 fully saturated rings. The quantitative estimate of drug-likeness (QED) is 0.330. The number of ether oxygens (including phenoxy) is 2. The molecule has 0 aromatic heterocycles. The van der Waals surface area contributed by atoms with Gasteiger partial charge in [0.1, 0.15) is 11.5 Å². The Balaban J connectivity index is 1.93. The van der Waals surface area contributed by atoms with E-state index in [-0.39, 0.29) is 22.6 Å². The van der Waals surface area contributed by atoms with Crippen molar-refractivity contribution in [3.8, 4) is 11.5 Å². The average molecular weight is 467 g/mol. The maximum Gasteiger partial charge on any atom is 0.343 e. The first-order valence-electron chi connectivity index (χ1n) is 8.20. The molecule has 1 N–H and O–H groups in total. The summed E-state index contributed by atoms with van der Waals surface area (Å²) in [6.45, 7) is 0. The van der Waals surface area contributed by atoms with E-state index in [1.165, 1.54) is 48.5 Å². The smallest absolute Gasteiger partial charge is 0.343 e. The Labute approximate surface area is 181 Å². The summed E-state index contributed by atoms with van der Waals surface area (Å²) < 4.78 is 42.9. The number of hydrogen-bond acceptors (Lipinski definition) is 6. The molecule has 0 aliphatic heterocycles. The van der Waals surface area contributed by atoms with Gasteiger partial charge >= 0.3 is 11.9 Å². The molecule has 7 nitrogen and oxygen atoms in total. The van der Waals surface area contributed by atoms with Crippen molar-refractivity contribution in [1.82, 2.24) is 0 Å². The van der Waals surface area contributed by atoms with Crippen molar-refractivity contribution < 1.29 is 32.0 Å². The third-order valence-corrected chi connectivity index (χ3v) is 5.06. The van der Waals surface area contributed by atoms with Crippen LogP contribution in [0.15, 0.2) is 71.6 Å². The van der Waals surface area contributed by atoms with Crippen molar-refractivity contribution in [3.05, 3.63) is 87.9 Å². The zero-order valence-corrected chi connectivity index (χ0v) is 17.2. The minimum absolute atomic E-state index is 0.145. The molecule has 0 spiro atoms. The molecule has 3 aromatic rings. The van der Waals surface area contributed by atoms with Gasteiger partial charge in [-0.3, -0.25) is 4.55 Å². The first-order valence-corrected chi connectivity index (χ1v) is 10.4. The van der Waals surface area contributed by atoms with E-state index in [0.29, 0.717) is 10.0 Å². The molecule has 0 heterocycles. The van der Waals surface area contributed by atoms with Crippen LogP contribution in [0.3, 0.4) is 0 Å². The number of rotatable bonds is 5. The number of halogens is 2. The van der Waals surface area contributed by atoms with Gasteiger partial charge in [0.05, 0.1) is 16.0 Å². The van der Waals surface area contributed by atoms with Gasteiger partial charge in [-0.25, -0.2) is 9.59 Å². The van der Waals surface area contributed by atoms with Crippen LogP contribution in [-0.2, 0) is 10.1 Å². The number of carbonyl (C=O) groups excluding carboxylic acids is 2. The van der Waals surface area contributed by atoms with Crippen LogP contribution in [0, 0.1) is 0 Å². The summed E-state index contributed by atoms with van der Waals surface area (Å²) in [7, 11) is -4.72. The van der Waals surface area contributed by atoms with Crippen LogP contribution in [0.5, 0.6) is 11.5 Å². The predicted octanol–water partition coefficient (Wildman–Crippen LogP) is 4.68. The summed E-state index contributed by atoms with van der Waals surface area (Å²) in [6.07, 6.45) is 0. The Morgan fingerprint density at radius 2 is 1.07 bits per heavy atom. The lowest BCUT2D eigenvalue weighted by atomic mass is 10.1. The van der Waals surface area contributed by atoms with E-state index in [9.17, 15) is 22.6 Å². The molecule has 3 rings (SSSR count). The molecule has 10 heteroatoms. The highest BCUT2D eigenvalue weighted by molar-refractivity contribution is 7.85. The zero-order valence-electron chi connectivity index (χ0n) is 14.9. The van der Waals surface area contributed by atoms with Gasteiger partial charge in [0.25, 0.3) is 10.1 Å². The van der Waals surface area contributed by atoms with Crippen molar-refractivity contribution in [2.45, 2.75) is 4.90 Å². The van der Waals surface area contributed by atoms with Crippen LogP contribution in [0.1, 0.15) is 20.7 Å². The standard InChI is InChI=1S/C20H12Cl2O7S/c21-14-1-5-16(6-2-14)28-19(23)12-9-13(11-18(10-12)30(25,26)27)20(24)29-17-7-3-15(22)4-8-17/h1-11H,(H,25,26,27). The summed E-state index contributed by atoms with van der Waals surface area (Å²) in [5, 5.41) is 0.853. The van der Waals surface area contributed by atoms with Gasteiger partial charge < -0.3 is 9.47 Å². The molecule has 0 radical (unpaired) electrons. The monoisotopic (exact) mass is 466 g/mol. The van der Waals surface area contributed by atoms with Crippen LogP contribution in [0.4, 0.5) is 0 Å². The fraction of sp³-hybridized carbons (Fsp3) is 0. The lowest BCUT2D eigenvalue weighted by Gasteiger charge is -2.09. The number of esters is 2. The molecule has 0 unspecified atom stereocenters. The Morgan fingerprint density at radius 1 is 0.700 bits per heavy atom. The lowest BCUT2D eigenvalue weighted by molar-refractivity contribution is 0.0734. The third kappa shape index (κ3) is 5.58. The highest BCUT2D eigenvalue weighted by Crippen LogP contribution is 2.22. The third-order valence-electron chi connectivity index (χ3n) is 3.72. The van der Waals surface area contributed by atoms with Gasteiger partial charge in [-0.1, -0.05) is 23.2 Å². The second kappa shape index (κ2) is 8.85. The Morgan fingerprint density at radius 3 is 1.40 bits per heavy atom. The van der Waals surface area contributed by atoms with Crippen LogP contribution >= 0.6 is 23.2 Å². The number of carbonyl (C=O) groups is 2. The van der Waals surface area contributed by atoms with Gasteiger partial charge in [-0.05, 0) is 66.7 Å². The average Bonchev–Trinajstić information content (AvgIpc) is 2.70. The molecule has 154 valence electrons. The molecule has 3 aromatic carbocycles. The van der Waals surface area contributed by atoms with Gasteiger partial charge in [-0.2, -0.15) is 8.42 Å². The Kier molecular flexibility index (Phi) is 6.42. The SMILES string of the molecule is O=C(Oc1ccc(Cl)cc1)c1cc(C(=O)Oc2ccc(Cl)cc2)cc(S(=O)(=O)O)c1. The first kappa shape index (κ1) is 21.8. The fourth-order valence-electron chi connectivity index (χ4n) is 2.32. The normalized spacial score (nSPS) is 11.0. The van der Waals surface area contributed by atoms with Gasteiger partial charge in [0.15, 0.2) is 0 Å². The van der Waals surface area contributed by atoms with E-state index in [1.807, 2.05) is 0 Å². The van der Waals surface area contributed by atoms with Gasteiger partial charge in [0, 0.05) is 10.0 Å². The van der Waals surface area contributed by atoms with Crippen molar-refractivity contribution >= 4 is 45.3 Å². The fourth-order valence-corrected chi connectivity index (χ4v) is 3.12. The molecule has 0 atom stereocenters. The molecule has 0 saturated carbocycles. The summed E-state index contributed by atoms with van der Waals surface area (Å²) in [5.41, 5.74) is -0.578. The molecule has 0 saturated heterocycles. The predicted molar refractivity (Wildman–Crippen MR) is 109 cm³/mol. The molecule has 0 bridgehead atoms. The van der Waals surface area contributed by atoms with E-state index in [0.717, 1.165) is 18.2 Å². The van der Waals surface area contributed by atoms with E-state index < -0.39 is 27.0 Å². The van der Waals surface area contributed by atoms with Crippen molar-refractivity contribution in [2.24, 2.45) is 0 Å². The van der Waals surface area contributed by atoms with Crippen molar-refractivity contribution in [1.29, 1.82) is 0 Å². The minimum Gasteiger partial charge on any atom is -0.423 e. The second-order valence-electron chi connectivity index (χ2n) is 5.91. The maximum absolute atomic E-state index is 12.5. The molecule has 30 heavy (non-hydrogen) atoms.